The molecule has 0 bridgehead atoms. The zero-order valence-electron chi connectivity index (χ0n) is 10.2. The molecule has 0 amide bonds. The van der Waals surface area contributed by atoms with Gasteiger partial charge in [-0.05, 0) is 18.2 Å². The lowest BCUT2D eigenvalue weighted by atomic mass is 10.1. The first-order valence-corrected chi connectivity index (χ1v) is 7.71. The fourth-order valence-electron chi connectivity index (χ4n) is 2.11. The smallest absolute Gasteiger partial charge is 0.151 e. The van der Waals surface area contributed by atoms with Crippen LogP contribution in [0.4, 0.5) is 0 Å². The molecular weight excluding hydrogens is 280 g/mol. The molecule has 1 atom stereocenters. The van der Waals surface area contributed by atoms with Gasteiger partial charge in [0, 0.05) is 22.2 Å². The highest BCUT2D eigenvalue weighted by Crippen LogP contribution is 2.36. The Hall–Kier alpha value is -1.58. The van der Waals surface area contributed by atoms with E-state index in [9.17, 15) is 4.21 Å². The molecule has 0 saturated carbocycles. The van der Waals surface area contributed by atoms with Crippen molar-refractivity contribution in [2.45, 2.75) is 4.90 Å². The minimum absolute atomic E-state index is 0.611. The van der Waals surface area contributed by atoms with Crippen molar-refractivity contribution < 1.29 is 8.63 Å². The first-order chi connectivity index (χ1) is 9.16. The van der Waals surface area contributed by atoms with Gasteiger partial charge >= 0.3 is 0 Å². The molecule has 2 aromatic carbocycles. The Morgan fingerprint density at radius 1 is 1.11 bits per heavy atom. The second kappa shape index (κ2) is 4.83. The number of furan rings is 1. The van der Waals surface area contributed by atoms with E-state index in [1.54, 1.807) is 24.5 Å². The van der Waals surface area contributed by atoms with Crippen molar-refractivity contribution in [3.8, 4) is 11.3 Å². The van der Waals surface area contributed by atoms with E-state index in [2.05, 4.69) is 0 Å². The standard InChI is InChI=1S/C15H11ClO2S/c1-19(17)15-12-9-11(16)7-8-13(12)18-14(15)10-5-3-2-4-6-10/h2-9H,1H3/t19-/m1/s1. The van der Waals surface area contributed by atoms with Gasteiger partial charge < -0.3 is 4.42 Å². The van der Waals surface area contributed by atoms with Gasteiger partial charge in [0.15, 0.2) is 5.76 Å². The number of hydrogen-bond donors (Lipinski definition) is 0. The third kappa shape index (κ3) is 2.20. The summed E-state index contributed by atoms with van der Waals surface area (Å²) in [5.74, 6) is 0.652. The van der Waals surface area contributed by atoms with Crippen LogP contribution < -0.4 is 0 Å². The molecule has 0 aliphatic carbocycles. The summed E-state index contributed by atoms with van der Waals surface area (Å²) < 4.78 is 17.9. The van der Waals surface area contributed by atoms with E-state index in [-0.39, 0.29) is 0 Å². The Morgan fingerprint density at radius 3 is 2.53 bits per heavy atom. The van der Waals surface area contributed by atoms with Crippen LogP contribution in [0, 0.1) is 0 Å². The van der Waals surface area contributed by atoms with Crippen LogP contribution in [0.3, 0.4) is 0 Å². The van der Waals surface area contributed by atoms with E-state index < -0.39 is 10.8 Å². The second-order valence-corrected chi connectivity index (χ2v) is 5.97. The van der Waals surface area contributed by atoms with Gasteiger partial charge in [0.05, 0.1) is 15.7 Å². The Kier molecular flexibility index (Phi) is 3.17. The van der Waals surface area contributed by atoms with Crippen molar-refractivity contribution >= 4 is 33.4 Å². The summed E-state index contributed by atoms with van der Waals surface area (Å²) in [5.41, 5.74) is 1.62. The Morgan fingerprint density at radius 2 is 1.84 bits per heavy atom. The molecule has 0 N–H and O–H groups in total. The third-order valence-corrected chi connectivity index (χ3v) is 4.14. The molecule has 0 fully saturated rings. The van der Waals surface area contributed by atoms with Crippen molar-refractivity contribution in [2.75, 3.05) is 6.26 Å². The quantitative estimate of drug-likeness (QED) is 0.696. The summed E-state index contributed by atoms with van der Waals surface area (Å²) in [5, 5.41) is 1.42. The summed E-state index contributed by atoms with van der Waals surface area (Å²) in [4.78, 5) is 0.698. The number of halogens is 1. The van der Waals surface area contributed by atoms with Crippen LogP contribution in [0.1, 0.15) is 0 Å². The van der Waals surface area contributed by atoms with Gasteiger partial charge in [0.1, 0.15) is 5.58 Å². The van der Waals surface area contributed by atoms with Crippen molar-refractivity contribution in [3.63, 3.8) is 0 Å². The fraction of sp³-hybridized carbons (Fsp3) is 0.0667. The summed E-state index contributed by atoms with van der Waals surface area (Å²) in [6.45, 7) is 0. The van der Waals surface area contributed by atoms with Crippen LogP contribution in [-0.2, 0) is 10.8 Å². The van der Waals surface area contributed by atoms with Gasteiger partial charge in [-0.1, -0.05) is 41.9 Å². The van der Waals surface area contributed by atoms with E-state index >= 15 is 0 Å². The van der Waals surface area contributed by atoms with Crippen molar-refractivity contribution in [1.29, 1.82) is 0 Å². The maximum Gasteiger partial charge on any atom is 0.151 e. The molecule has 3 rings (SSSR count). The Bertz CT molecular complexity index is 762. The molecule has 19 heavy (non-hydrogen) atoms. The molecule has 0 unspecified atom stereocenters. The van der Waals surface area contributed by atoms with E-state index in [4.69, 9.17) is 16.0 Å². The highest BCUT2D eigenvalue weighted by molar-refractivity contribution is 7.84. The van der Waals surface area contributed by atoms with E-state index in [0.717, 1.165) is 10.9 Å². The summed E-state index contributed by atoms with van der Waals surface area (Å²) in [6.07, 6.45) is 1.65. The molecule has 0 aliphatic rings. The third-order valence-electron chi connectivity index (χ3n) is 2.93. The van der Waals surface area contributed by atoms with Crippen LogP contribution in [0.5, 0.6) is 0 Å². The van der Waals surface area contributed by atoms with Gasteiger partial charge in [0.2, 0.25) is 0 Å². The monoisotopic (exact) mass is 290 g/mol. The highest BCUT2D eigenvalue weighted by atomic mass is 35.5. The molecule has 0 spiro atoms. The lowest BCUT2D eigenvalue weighted by molar-refractivity contribution is 0.622. The summed E-state index contributed by atoms with van der Waals surface area (Å²) in [7, 11) is -1.15. The van der Waals surface area contributed by atoms with E-state index in [1.807, 2.05) is 30.3 Å². The largest absolute Gasteiger partial charge is 0.455 e. The normalized spacial score (nSPS) is 12.7. The molecule has 0 saturated heterocycles. The van der Waals surface area contributed by atoms with Crippen molar-refractivity contribution in [2.24, 2.45) is 0 Å². The molecule has 4 heteroatoms. The first kappa shape index (κ1) is 12.5. The van der Waals surface area contributed by atoms with Crippen LogP contribution >= 0.6 is 11.6 Å². The van der Waals surface area contributed by atoms with Gasteiger partial charge in [-0.2, -0.15) is 0 Å². The average molecular weight is 291 g/mol. The van der Waals surface area contributed by atoms with Crippen LogP contribution in [0.2, 0.25) is 5.02 Å². The van der Waals surface area contributed by atoms with Gasteiger partial charge in [-0.15, -0.1) is 0 Å². The molecule has 3 aromatic rings. The predicted molar refractivity (Wildman–Crippen MR) is 79.0 cm³/mol. The molecule has 2 nitrogen and oxygen atoms in total. The fourth-order valence-corrected chi connectivity index (χ4v) is 3.17. The number of hydrogen-bond acceptors (Lipinski definition) is 2. The Labute approximate surface area is 118 Å². The maximum atomic E-state index is 12.0. The van der Waals surface area contributed by atoms with Crippen LogP contribution in [0.25, 0.3) is 22.3 Å². The Balaban J connectivity index is 2.36. The van der Waals surface area contributed by atoms with E-state index in [0.29, 0.717) is 21.3 Å². The summed E-state index contributed by atoms with van der Waals surface area (Å²) in [6, 6.07) is 15.0. The average Bonchev–Trinajstić information content (AvgIpc) is 2.78. The van der Waals surface area contributed by atoms with Crippen molar-refractivity contribution in [3.05, 3.63) is 53.6 Å². The second-order valence-electron chi connectivity index (χ2n) is 4.22. The highest BCUT2D eigenvalue weighted by Gasteiger charge is 2.18. The van der Waals surface area contributed by atoms with Crippen LogP contribution in [-0.4, -0.2) is 10.5 Å². The van der Waals surface area contributed by atoms with Gasteiger partial charge in [0.25, 0.3) is 0 Å². The molecule has 0 radical (unpaired) electrons. The lowest BCUT2D eigenvalue weighted by Gasteiger charge is -1.99. The molecular formula is C15H11ClO2S. The number of benzene rings is 2. The van der Waals surface area contributed by atoms with Crippen LogP contribution in [0.15, 0.2) is 57.8 Å². The number of fused-ring (bicyclic) bond motifs is 1. The van der Waals surface area contributed by atoms with Gasteiger partial charge in [-0.3, -0.25) is 4.21 Å². The minimum atomic E-state index is -1.15. The van der Waals surface area contributed by atoms with Gasteiger partial charge in [-0.25, -0.2) is 0 Å². The maximum absolute atomic E-state index is 12.0. The molecule has 0 aliphatic heterocycles. The minimum Gasteiger partial charge on any atom is -0.455 e. The van der Waals surface area contributed by atoms with Crippen molar-refractivity contribution in [1.82, 2.24) is 0 Å². The summed E-state index contributed by atoms with van der Waals surface area (Å²) >= 11 is 6.01. The molecule has 96 valence electrons. The number of rotatable bonds is 2. The topological polar surface area (TPSA) is 30.2 Å². The zero-order valence-corrected chi connectivity index (χ0v) is 11.8. The predicted octanol–water partition coefficient (Wildman–Crippen LogP) is 4.49. The first-order valence-electron chi connectivity index (χ1n) is 5.77. The van der Waals surface area contributed by atoms with E-state index in [1.165, 1.54) is 0 Å². The molecule has 1 aromatic heterocycles. The lowest BCUT2D eigenvalue weighted by Crippen LogP contribution is -1.88. The molecule has 1 heterocycles. The SMILES string of the molecule is C[S@@](=O)c1c(-c2ccccc2)oc2ccc(Cl)cc12. The zero-order chi connectivity index (χ0) is 13.4.